The molecule has 6 heteroatoms. The van der Waals surface area contributed by atoms with Crippen LogP contribution in [0.3, 0.4) is 0 Å². The smallest absolute Gasteiger partial charge is 0.251 e. The molecule has 0 bridgehead atoms. The van der Waals surface area contributed by atoms with E-state index in [-0.39, 0.29) is 11.5 Å². The van der Waals surface area contributed by atoms with Gasteiger partial charge in [0.25, 0.3) is 5.56 Å². The van der Waals surface area contributed by atoms with Crippen LogP contribution in [0.1, 0.15) is 17.1 Å². The van der Waals surface area contributed by atoms with E-state index in [2.05, 4.69) is 15.3 Å². The van der Waals surface area contributed by atoms with E-state index < -0.39 is 0 Å². The molecule has 0 aliphatic rings. The lowest BCUT2D eigenvalue weighted by Gasteiger charge is -2.06. The summed E-state index contributed by atoms with van der Waals surface area (Å²) in [5.41, 5.74) is 1.51. The minimum absolute atomic E-state index is 0.0292. The lowest BCUT2D eigenvalue weighted by atomic mass is 10.1. The highest BCUT2D eigenvalue weighted by Crippen LogP contribution is 2.14. The van der Waals surface area contributed by atoms with Gasteiger partial charge < -0.3 is 10.3 Å². The van der Waals surface area contributed by atoms with Gasteiger partial charge in [-0.25, -0.2) is 4.98 Å². The molecule has 0 radical (unpaired) electrons. The van der Waals surface area contributed by atoms with Gasteiger partial charge in [0.1, 0.15) is 5.82 Å². The number of rotatable bonds is 6. The van der Waals surface area contributed by atoms with Crippen LogP contribution < -0.4 is 10.9 Å². The van der Waals surface area contributed by atoms with Gasteiger partial charge in [0.05, 0.1) is 6.42 Å². The van der Waals surface area contributed by atoms with E-state index in [1.165, 1.54) is 11.0 Å². The molecular weight excluding hydrogens is 298 g/mol. The number of hydrogen-bond acceptors (Lipinski definition) is 4. The molecule has 0 spiro atoms. The van der Waals surface area contributed by atoms with E-state index in [9.17, 15) is 9.59 Å². The van der Waals surface area contributed by atoms with Gasteiger partial charge in [-0.2, -0.15) is 0 Å². The quantitative estimate of drug-likeness (QED) is 0.795. The third-order valence-electron chi connectivity index (χ3n) is 3.14. The molecule has 22 heavy (non-hydrogen) atoms. The Morgan fingerprint density at radius 1 is 1.32 bits per heavy atom. The van der Waals surface area contributed by atoms with Gasteiger partial charge in [-0.15, -0.1) is 11.8 Å². The third-order valence-corrected chi connectivity index (χ3v) is 3.88. The number of H-pyrrole nitrogens is 1. The number of hydrogen-bond donors (Lipinski definition) is 2. The van der Waals surface area contributed by atoms with Crippen molar-refractivity contribution >= 4 is 17.7 Å². The van der Waals surface area contributed by atoms with E-state index in [0.29, 0.717) is 30.9 Å². The van der Waals surface area contributed by atoms with Gasteiger partial charge >= 0.3 is 0 Å². The number of thioether (sulfide) groups is 1. The predicted molar refractivity (Wildman–Crippen MR) is 88.2 cm³/mol. The molecule has 2 aromatic rings. The number of aromatic amines is 1. The van der Waals surface area contributed by atoms with Crippen molar-refractivity contribution in [2.24, 2.45) is 0 Å². The average Bonchev–Trinajstić information content (AvgIpc) is 2.47. The number of amides is 1. The van der Waals surface area contributed by atoms with Crippen molar-refractivity contribution in [3.63, 3.8) is 0 Å². The Morgan fingerprint density at radius 2 is 2.05 bits per heavy atom. The van der Waals surface area contributed by atoms with Crippen LogP contribution in [0.25, 0.3) is 0 Å². The van der Waals surface area contributed by atoms with Crippen molar-refractivity contribution in [1.29, 1.82) is 0 Å². The molecule has 116 valence electrons. The van der Waals surface area contributed by atoms with Crippen LogP contribution in [-0.4, -0.2) is 28.7 Å². The van der Waals surface area contributed by atoms with Gasteiger partial charge in [0.2, 0.25) is 5.91 Å². The molecule has 0 fully saturated rings. The highest BCUT2D eigenvalue weighted by Gasteiger charge is 2.04. The number of benzene rings is 1. The van der Waals surface area contributed by atoms with Crippen molar-refractivity contribution in [2.45, 2.75) is 24.7 Å². The summed E-state index contributed by atoms with van der Waals surface area (Å²) >= 11 is 1.67. The summed E-state index contributed by atoms with van der Waals surface area (Å²) in [6.45, 7) is 2.21. The molecule has 2 N–H and O–H groups in total. The van der Waals surface area contributed by atoms with E-state index in [0.717, 1.165) is 5.56 Å². The summed E-state index contributed by atoms with van der Waals surface area (Å²) in [4.78, 5) is 31.2. The van der Waals surface area contributed by atoms with E-state index in [1.807, 2.05) is 30.5 Å². The van der Waals surface area contributed by atoms with Crippen molar-refractivity contribution in [2.75, 3.05) is 12.8 Å². The molecule has 0 aliphatic carbocycles. The molecule has 0 atom stereocenters. The Labute approximate surface area is 133 Å². The van der Waals surface area contributed by atoms with Gasteiger partial charge in [0.15, 0.2) is 0 Å². The van der Waals surface area contributed by atoms with Crippen molar-refractivity contribution in [3.05, 3.63) is 57.8 Å². The number of aryl methyl sites for hydroxylation is 1. The summed E-state index contributed by atoms with van der Waals surface area (Å²) in [6, 6.07) is 9.41. The van der Waals surface area contributed by atoms with Crippen molar-refractivity contribution in [3.8, 4) is 0 Å². The molecule has 1 amide bonds. The Bertz CT molecular complexity index is 695. The summed E-state index contributed by atoms with van der Waals surface area (Å²) in [7, 11) is 0. The largest absolute Gasteiger partial charge is 0.355 e. The van der Waals surface area contributed by atoms with Gasteiger partial charge in [-0.3, -0.25) is 9.59 Å². The second-order valence-corrected chi connectivity index (χ2v) is 5.83. The Kier molecular flexibility index (Phi) is 5.77. The van der Waals surface area contributed by atoms with Crippen LogP contribution in [0.2, 0.25) is 0 Å². The second kappa shape index (κ2) is 7.79. The van der Waals surface area contributed by atoms with Gasteiger partial charge in [-0.1, -0.05) is 12.1 Å². The first-order valence-electron chi connectivity index (χ1n) is 7.03. The summed E-state index contributed by atoms with van der Waals surface area (Å²) < 4.78 is 0. The fourth-order valence-electron chi connectivity index (χ4n) is 2.09. The summed E-state index contributed by atoms with van der Waals surface area (Å²) in [5.74, 6) is 0.557. The predicted octanol–water partition coefficient (Wildman–Crippen LogP) is 1.70. The van der Waals surface area contributed by atoms with Crippen molar-refractivity contribution < 1.29 is 4.79 Å². The zero-order valence-electron chi connectivity index (χ0n) is 12.7. The molecule has 1 aromatic carbocycles. The molecule has 1 aromatic heterocycles. The standard InChI is InChI=1S/C16H19N3O2S/c1-11-18-13(10-16(21)19-11)7-8-17-15(20)9-12-3-5-14(22-2)6-4-12/h3-6,10H,7-9H2,1-2H3,(H,17,20)(H,18,19,21). The number of nitrogens with one attached hydrogen (secondary N) is 2. The monoisotopic (exact) mass is 317 g/mol. The summed E-state index contributed by atoms with van der Waals surface area (Å²) in [6.07, 6.45) is 2.92. The van der Waals surface area contributed by atoms with Crippen LogP contribution in [0.5, 0.6) is 0 Å². The molecular formula is C16H19N3O2S. The third kappa shape index (κ3) is 5.04. The van der Waals surface area contributed by atoms with E-state index in [1.54, 1.807) is 18.7 Å². The SMILES string of the molecule is CSc1ccc(CC(=O)NCCc2cc(=O)[nH]c(C)n2)cc1. The zero-order valence-corrected chi connectivity index (χ0v) is 13.5. The normalized spacial score (nSPS) is 10.5. The molecule has 1 heterocycles. The van der Waals surface area contributed by atoms with Crippen LogP contribution in [0, 0.1) is 6.92 Å². The Hall–Kier alpha value is -2.08. The molecule has 0 saturated carbocycles. The second-order valence-electron chi connectivity index (χ2n) is 4.95. The fraction of sp³-hybridized carbons (Fsp3) is 0.312. The first kappa shape index (κ1) is 16.3. The molecule has 0 unspecified atom stereocenters. The van der Waals surface area contributed by atoms with Crippen LogP contribution in [0.15, 0.2) is 40.0 Å². The molecule has 0 aliphatic heterocycles. The highest BCUT2D eigenvalue weighted by molar-refractivity contribution is 7.98. The first-order chi connectivity index (χ1) is 10.6. The van der Waals surface area contributed by atoms with E-state index in [4.69, 9.17) is 0 Å². The zero-order chi connectivity index (χ0) is 15.9. The average molecular weight is 317 g/mol. The molecule has 2 rings (SSSR count). The van der Waals surface area contributed by atoms with Gasteiger partial charge in [-0.05, 0) is 30.9 Å². The maximum atomic E-state index is 11.9. The summed E-state index contributed by atoms with van der Waals surface area (Å²) in [5, 5.41) is 2.85. The number of carbonyl (C=O) groups is 1. The topological polar surface area (TPSA) is 74.8 Å². The number of carbonyl (C=O) groups excluding carboxylic acids is 1. The van der Waals surface area contributed by atoms with Crippen LogP contribution in [-0.2, 0) is 17.6 Å². The number of aromatic nitrogens is 2. The van der Waals surface area contributed by atoms with Crippen LogP contribution >= 0.6 is 11.8 Å². The fourth-order valence-corrected chi connectivity index (χ4v) is 2.50. The lowest BCUT2D eigenvalue weighted by Crippen LogP contribution is -2.27. The van der Waals surface area contributed by atoms with E-state index >= 15 is 0 Å². The Balaban J connectivity index is 1.81. The molecule has 5 nitrogen and oxygen atoms in total. The lowest BCUT2D eigenvalue weighted by molar-refractivity contribution is -0.120. The maximum Gasteiger partial charge on any atom is 0.251 e. The minimum Gasteiger partial charge on any atom is -0.355 e. The highest BCUT2D eigenvalue weighted by atomic mass is 32.2. The Morgan fingerprint density at radius 3 is 2.68 bits per heavy atom. The molecule has 0 saturated heterocycles. The maximum absolute atomic E-state index is 11.9. The van der Waals surface area contributed by atoms with Gasteiger partial charge in [0, 0.05) is 29.6 Å². The minimum atomic E-state index is -0.164. The van der Waals surface area contributed by atoms with Crippen molar-refractivity contribution in [1.82, 2.24) is 15.3 Å². The number of nitrogens with zero attached hydrogens (tertiary/aromatic N) is 1. The van der Waals surface area contributed by atoms with Crippen LogP contribution in [0.4, 0.5) is 0 Å². The first-order valence-corrected chi connectivity index (χ1v) is 8.26.